The largest absolute Gasteiger partial charge is 0.493 e. The van der Waals surface area contributed by atoms with Crippen LogP contribution in [0.25, 0.3) is 0 Å². The lowest BCUT2D eigenvalue weighted by molar-refractivity contribution is -0.137. The maximum absolute atomic E-state index is 12.5. The Balaban J connectivity index is 1.45. The van der Waals surface area contributed by atoms with Gasteiger partial charge < -0.3 is 23.7 Å². The van der Waals surface area contributed by atoms with Crippen molar-refractivity contribution >= 4 is 29.7 Å². The molecule has 0 bridgehead atoms. The number of hydrogen-bond donors (Lipinski definition) is 1. The van der Waals surface area contributed by atoms with Gasteiger partial charge in [-0.25, -0.2) is 19.2 Å². The van der Waals surface area contributed by atoms with Gasteiger partial charge in [0.2, 0.25) is 0 Å². The molecule has 10 heteroatoms. The minimum atomic E-state index is -0.639. The molecule has 10 nitrogen and oxygen atoms in total. The minimum Gasteiger partial charge on any atom is -0.493 e. The molecule has 3 aromatic rings. The Kier molecular flexibility index (Phi) is 11.0. The van der Waals surface area contributed by atoms with Crippen molar-refractivity contribution in [3.05, 3.63) is 109 Å². The fraction of sp³-hybridized carbons (Fsp3) is 0.133. The van der Waals surface area contributed by atoms with Crippen LogP contribution in [0.15, 0.2) is 98.1 Å². The lowest BCUT2D eigenvalue weighted by atomic mass is 10.2. The van der Waals surface area contributed by atoms with E-state index in [2.05, 4.69) is 18.5 Å². The summed E-state index contributed by atoms with van der Waals surface area (Å²) in [5.41, 5.74) is 1.03. The number of nitrogens with one attached hydrogen (secondary N) is 1. The molecule has 0 spiro atoms. The standard InChI is InChI=1S/C30H27NO9/c1-3-18-38-30(35)31-23-10-6-21(7-11-23)28(33)39-25-14-16-26(17-15-25)40-29(34)22-8-12-24(13-9-22)36-19-5-20-37-27(32)4-2/h3-4,6-17H,1-2,5,18-20H2,(H,31,35). The van der Waals surface area contributed by atoms with Gasteiger partial charge in [0.25, 0.3) is 0 Å². The molecule has 0 heterocycles. The van der Waals surface area contributed by atoms with E-state index < -0.39 is 24.0 Å². The molecule has 0 aromatic heterocycles. The molecule has 0 radical (unpaired) electrons. The van der Waals surface area contributed by atoms with Gasteiger partial charge >= 0.3 is 24.0 Å². The van der Waals surface area contributed by atoms with Crippen molar-refractivity contribution < 1.29 is 42.9 Å². The Morgan fingerprint density at radius 2 is 1.20 bits per heavy atom. The van der Waals surface area contributed by atoms with Crippen LogP contribution in [0.4, 0.5) is 10.5 Å². The second-order valence-electron chi connectivity index (χ2n) is 7.94. The van der Waals surface area contributed by atoms with E-state index in [1.165, 1.54) is 54.6 Å². The Morgan fingerprint density at radius 1 is 0.675 bits per heavy atom. The fourth-order valence-corrected chi connectivity index (χ4v) is 3.05. The van der Waals surface area contributed by atoms with Crippen LogP contribution in [0.2, 0.25) is 0 Å². The summed E-state index contributed by atoms with van der Waals surface area (Å²) < 4.78 is 26.0. The monoisotopic (exact) mass is 545 g/mol. The normalized spacial score (nSPS) is 10.0. The number of anilines is 1. The maximum atomic E-state index is 12.5. The van der Waals surface area contributed by atoms with Gasteiger partial charge in [-0.05, 0) is 72.8 Å². The van der Waals surface area contributed by atoms with Crippen molar-refractivity contribution in [3.8, 4) is 17.2 Å². The fourth-order valence-electron chi connectivity index (χ4n) is 3.05. The van der Waals surface area contributed by atoms with E-state index >= 15 is 0 Å². The predicted molar refractivity (Wildman–Crippen MR) is 146 cm³/mol. The first-order chi connectivity index (χ1) is 19.4. The summed E-state index contributed by atoms with van der Waals surface area (Å²) in [6, 6.07) is 18.5. The molecule has 0 saturated carbocycles. The molecule has 0 aliphatic rings. The van der Waals surface area contributed by atoms with Crippen LogP contribution >= 0.6 is 0 Å². The number of benzene rings is 3. The van der Waals surface area contributed by atoms with Gasteiger partial charge in [0, 0.05) is 18.2 Å². The van der Waals surface area contributed by atoms with Crippen LogP contribution in [0, 0.1) is 0 Å². The van der Waals surface area contributed by atoms with E-state index in [4.69, 9.17) is 23.7 Å². The summed E-state index contributed by atoms with van der Waals surface area (Å²) in [5, 5.41) is 2.52. The zero-order valence-electron chi connectivity index (χ0n) is 21.5. The van der Waals surface area contributed by atoms with Crippen molar-refractivity contribution in [1.29, 1.82) is 0 Å². The number of carbonyl (C=O) groups excluding carboxylic acids is 4. The molecule has 40 heavy (non-hydrogen) atoms. The van der Waals surface area contributed by atoms with Crippen molar-refractivity contribution in [2.75, 3.05) is 25.1 Å². The van der Waals surface area contributed by atoms with Gasteiger partial charge in [0.05, 0.1) is 24.3 Å². The van der Waals surface area contributed by atoms with Gasteiger partial charge in [-0.2, -0.15) is 0 Å². The molecule has 1 amide bonds. The molecule has 0 fully saturated rings. The summed E-state index contributed by atoms with van der Waals surface area (Å²) in [4.78, 5) is 47.5. The summed E-state index contributed by atoms with van der Waals surface area (Å²) in [7, 11) is 0. The zero-order valence-corrected chi connectivity index (χ0v) is 21.5. The van der Waals surface area contributed by atoms with Crippen molar-refractivity contribution in [2.45, 2.75) is 6.42 Å². The molecule has 3 rings (SSSR count). The van der Waals surface area contributed by atoms with Crippen LogP contribution < -0.4 is 19.5 Å². The average Bonchev–Trinajstić information content (AvgIpc) is 2.97. The maximum Gasteiger partial charge on any atom is 0.411 e. The van der Waals surface area contributed by atoms with Crippen molar-refractivity contribution in [2.24, 2.45) is 0 Å². The van der Waals surface area contributed by atoms with Crippen LogP contribution in [0.1, 0.15) is 27.1 Å². The molecule has 0 atom stereocenters. The van der Waals surface area contributed by atoms with Crippen LogP contribution in [0.3, 0.4) is 0 Å². The number of ether oxygens (including phenoxy) is 5. The van der Waals surface area contributed by atoms with Gasteiger partial charge in [-0.1, -0.05) is 19.2 Å². The molecular formula is C30H27NO9. The highest BCUT2D eigenvalue weighted by atomic mass is 16.6. The highest BCUT2D eigenvalue weighted by Gasteiger charge is 2.12. The molecule has 0 aliphatic heterocycles. The van der Waals surface area contributed by atoms with Crippen LogP contribution in [-0.2, 0) is 14.3 Å². The average molecular weight is 546 g/mol. The van der Waals surface area contributed by atoms with Crippen LogP contribution in [-0.4, -0.2) is 43.8 Å². The Bertz CT molecular complexity index is 1330. The topological polar surface area (TPSA) is 126 Å². The molecular weight excluding hydrogens is 518 g/mol. The van der Waals surface area contributed by atoms with E-state index in [1.54, 1.807) is 24.3 Å². The van der Waals surface area contributed by atoms with Gasteiger partial charge in [0.1, 0.15) is 23.9 Å². The number of amides is 1. The molecule has 206 valence electrons. The third kappa shape index (κ3) is 9.49. The van der Waals surface area contributed by atoms with E-state index in [0.29, 0.717) is 30.0 Å². The minimum absolute atomic E-state index is 0.0804. The lowest BCUT2D eigenvalue weighted by Gasteiger charge is -2.09. The van der Waals surface area contributed by atoms with E-state index in [-0.39, 0.29) is 30.3 Å². The summed E-state index contributed by atoms with van der Waals surface area (Å²) in [6.07, 6.45) is 2.41. The number of rotatable bonds is 13. The first kappa shape index (κ1) is 29.2. The van der Waals surface area contributed by atoms with E-state index in [0.717, 1.165) is 6.08 Å². The molecule has 0 saturated heterocycles. The molecule has 0 unspecified atom stereocenters. The molecule has 1 N–H and O–H groups in total. The highest BCUT2D eigenvalue weighted by molar-refractivity contribution is 5.93. The summed E-state index contributed by atoms with van der Waals surface area (Å²) >= 11 is 0. The van der Waals surface area contributed by atoms with Crippen LogP contribution in [0.5, 0.6) is 17.2 Å². The van der Waals surface area contributed by atoms with E-state index in [9.17, 15) is 19.2 Å². The Labute approximate surface area is 230 Å². The Hall–Kier alpha value is -5.38. The number of hydrogen-bond acceptors (Lipinski definition) is 9. The lowest BCUT2D eigenvalue weighted by Crippen LogP contribution is -2.14. The third-order valence-corrected chi connectivity index (χ3v) is 5.00. The smallest absolute Gasteiger partial charge is 0.411 e. The van der Waals surface area contributed by atoms with Gasteiger partial charge in [-0.3, -0.25) is 5.32 Å². The predicted octanol–water partition coefficient (Wildman–Crippen LogP) is 5.36. The molecule has 0 aliphatic carbocycles. The van der Waals surface area contributed by atoms with Crippen molar-refractivity contribution in [1.82, 2.24) is 0 Å². The number of carbonyl (C=O) groups is 4. The summed E-state index contributed by atoms with van der Waals surface area (Å²) in [5.74, 6) is -0.603. The first-order valence-corrected chi connectivity index (χ1v) is 12.1. The second kappa shape index (κ2) is 15.1. The quantitative estimate of drug-likeness (QED) is 0.0993. The number of esters is 3. The van der Waals surface area contributed by atoms with Crippen molar-refractivity contribution in [3.63, 3.8) is 0 Å². The summed E-state index contributed by atoms with van der Waals surface area (Å²) in [6.45, 7) is 7.41. The highest BCUT2D eigenvalue weighted by Crippen LogP contribution is 2.21. The third-order valence-electron chi connectivity index (χ3n) is 5.00. The zero-order chi connectivity index (χ0) is 28.7. The first-order valence-electron chi connectivity index (χ1n) is 12.1. The van der Waals surface area contributed by atoms with Gasteiger partial charge in [-0.15, -0.1) is 0 Å². The van der Waals surface area contributed by atoms with E-state index in [1.807, 2.05) is 0 Å². The SMILES string of the molecule is C=CCOC(=O)Nc1ccc(C(=O)Oc2ccc(OC(=O)c3ccc(OCCCOC(=O)C=C)cc3)cc2)cc1. The second-order valence-corrected chi connectivity index (χ2v) is 7.94. The molecule has 3 aromatic carbocycles. The van der Waals surface area contributed by atoms with Gasteiger partial charge in [0.15, 0.2) is 0 Å². The Morgan fingerprint density at radius 3 is 1.73 bits per heavy atom.